The molecule has 21 heavy (non-hydrogen) atoms. The maximum Gasteiger partial charge on any atom is 0.260 e. The van der Waals surface area contributed by atoms with E-state index in [9.17, 15) is 13.2 Å². The predicted molar refractivity (Wildman–Crippen MR) is 78.6 cm³/mol. The fourth-order valence-corrected chi connectivity index (χ4v) is 3.21. The average Bonchev–Trinajstić information content (AvgIpc) is 2.86. The molecule has 0 bridgehead atoms. The van der Waals surface area contributed by atoms with Crippen LogP contribution in [0, 0.1) is 0 Å². The smallest absolute Gasteiger partial charge is 0.260 e. The van der Waals surface area contributed by atoms with Crippen molar-refractivity contribution in [1.82, 2.24) is 19.4 Å². The van der Waals surface area contributed by atoms with Crippen molar-refractivity contribution in [3.8, 4) is 0 Å². The first-order valence-electron chi connectivity index (χ1n) is 6.34. The van der Waals surface area contributed by atoms with E-state index >= 15 is 0 Å². The quantitative estimate of drug-likeness (QED) is 0.685. The second-order valence-corrected chi connectivity index (χ2v) is 5.95. The zero-order valence-corrected chi connectivity index (χ0v) is 12.6. The van der Waals surface area contributed by atoms with Gasteiger partial charge in [0.2, 0.25) is 5.91 Å². The first kappa shape index (κ1) is 15.3. The van der Waals surface area contributed by atoms with Crippen molar-refractivity contribution in [3.63, 3.8) is 0 Å². The van der Waals surface area contributed by atoms with Gasteiger partial charge in [-0.2, -0.15) is 0 Å². The minimum absolute atomic E-state index is 0.0191. The molecular formula is C12H17N5O3S. The molecule has 2 heterocycles. The molecule has 0 saturated carbocycles. The summed E-state index contributed by atoms with van der Waals surface area (Å²) in [4.78, 5) is 15.4. The summed E-state index contributed by atoms with van der Waals surface area (Å²) in [6.45, 7) is 0.0191. The van der Waals surface area contributed by atoms with Gasteiger partial charge in [-0.05, 0) is 12.1 Å². The van der Waals surface area contributed by atoms with Gasteiger partial charge in [0.1, 0.15) is 5.65 Å². The lowest BCUT2D eigenvalue weighted by Gasteiger charge is -2.08. The molecular weight excluding hydrogens is 294 g/mol. The Morgan fingerprint density at radius 3 is 2.76 bits per heavy atom. The van der Waals surface area contributed by atoms with Crippen LogP contribution in [0.4, 0.5) is 5.82 Å². The molecule has 0 atom stereocenters. The van der Waals surface area contributed by atoms with E-state index in [4.69, 9.17) is 0 Å². The van der Waals surface area contributed by atoms with Crippen LogP contribution in [-0.4, -0.2) is 44.3 Å². The molecule has 0 aliphatic rings. The van der Waals surface area contributed by atoms with Crippen LogP contribution in [0.15, 0.2) is 29.4 Å². The number of nitrogens with one attached hydrogen (secondary N) is 3. The minimum atomic E-state index is -3.78. The highest BCUT2D eigenvalue weighted by Crippen LogP contribution is 2.21. The number of nitrogens with zero attached hydrogens (tertiary/aromatic N) is 2. The molecule has 114 valence electrons. The van der Waals surface area contributed by atoms with E-state index in [1.54, 1.807) is 31.4 Å². The molecule has 0 aromatic carbocycles. The zero-order chi connectivity index (χ0) is 15.5. The molecule has 0 fully saturated rings. The summed E-state index contributed by atoms with van der Waals surface area (Å²) in [5.41, 5.74) is 0.522. The van der Waals surface area contributed by atoms with E-state index in [0.29, 0.717) is 5.65 Å². The molecule has 0 aliphatic heterocycles. The second-order valence-electron chi connectivity index (χ2n) is 4.27. The number of pyridine rings is 1. The molecule has 8 nitrogen and oxygen atoms in total. The molecule has 2 rings (SSSR count). The van der Waals surface area contributed by atoms with Crippen LogP contribution >= 0.6 is 0 Å². The van der Waals surface area contributed by atoms with E-state index in [1.165, 1.54) is 11.4 Å². The second kappa shape index (κ2) is 6.10. The van der Waals surface area contributed by atoms with Crippen LogP contribution in [0.25, 0.3) is 5.65 Å². The third-order valence-electron chi connectivity index (χ3n) is 2.90. The summed E-state index contributed by atoms with van der Waals surface area (Å²) in [6, 6.07) is 5.21. The van der Waals surface area contributed by atoms with Crippen molar-refractivity contribution in [2.24, 2.45) is 0 Å². The van der Waals surface area contributed by atoms with Crippen LogP contribution in [0.2, 0.25) is 0 Å². The average molecular weight is 311 g/mol. The van der Waals surface area contributed by atoms with E-state index in [1.807, 2.05) is 0 Å². The van der Waals surface area contributed by atoms with Gasteiger partial charge in [-0.15, -0.1) is 0 Å². The molecule has 2 aromatic rings. The standard InChI is InChI=1S/C12H17N5O3S/c1-13-10(18)6-7-15-21(19,20)12-11(14-2)16-9-5-3-4-8-17(9)12/h3-5,8,14-15H,6-7H2,1-2H3,(H,13,18). The lowest BCUT2D eigenvalue weighted by Crippen LogP contribution is -2.30. The summed E-state index contributed by atoms with van der Waals surface area (Å²) in [6.07, 6.45) is 1.69. The summed E-state index contributed by atoms with van der Waals surface area (Å²) < 4.78 is 28.7. The van der Waals surface area contributed by atoms with Gasteiger partial charge < -0.3 is 10.6 Å². The number of rotatable bonds is 6. The number of fused-ring (bicyclic) bond motifs is 1. The van der Waals surface area contributed by atoms with Gasteiger partial charge in [0, 0.05) is 33.3 Å². The normalized spacial score (nSPS) is 11.5. The number of sulfonamides is 1. The van der Waals surface area contributed by atoms with Crippen molar-refractivity contribution in [1.29, 1.82) is 0 Å². The molecule has 3 N–H and O–H groups in total. The fourth-order valence-electron chi connectivity index (χ4n) is 1.89. The third-order valence-corrected chi connectivity index (χ3v) is 4.38. The highest BCUT2D eigenvalue weighted by atomic mass is 32.2. The van der Waals surface area contributed by atoms with Gasteiger partial charge in [-0.25, -0.2) is 18.1 Å². The molecule has 1 amide bonds. The van der Waals surface area contributed by atoms with Gasteiger partial charge in [0.05, 0.1) is 0 Å². The third kappa shape index (κ3) is 3.14. The molecule has 2 aromatic heterocycles. The fraction of sp³-hybridized carbons (Fsp3) is 0.333. The highest BCUT2D eigenvalue weighted by molar-refractivity contribution is 7.89. The lowest BCUT2D eigenvalue weighted by atomic mass is 10.4. The Morgan fingerprint density at radius 2 is 2.10 bits per heavy atom. The number of carbonyl (C=O) groups is 1. The molecule has 0 saturated heterocycles. The number of imidazole rings is 1. The Balaban J connectivity index is 2.33. The molecule has 0 radical (unpaired) electrons. The predicted octanol–water partition coefficient (Wildman–Crippen LogP) is -0.210. The maximum atomic E-state index is 12.4. The number of hydrogen-bond acceptors (Lipinski definition) is 5. The Labute approximate surface area is 122 Å². The van der Waals surface area contributed by atoms with E-state index < -0.39 is 10.0 Å². The van der Waals surface area contributed by atoms with Crippen LogP contribution in [0.5, 0.6) is 0 Å². The summed E-state index contributed by atoms with van der Waals surface area (Å²) in [5, 5.41) is 5.23. The first-order chi connectivity index (χ1) is 9.99. The van der Waals surface area contributed by atoms with Crippen molar-refractivity contribution in [2.75, 3.05) is 26.0 Å². The van der Waals surface area contributed by atoms with Gasteiger partial charge in [0.25, 0.3) is 10.0 Å². The Kier molecular flexibility index (Phi) is 4.43. The largest absolute Gasteiger partial charge is 0.371 e. The molecule has 0 spiro atoms. The SMILES string of the molecule is CNC(=O)CCNS(=O)(=O)c1c(NC)nc2ccccn12. The van der Waals surface area contributed by atoms with Crippen molar-refractivity contribution < 1.29 is 13.2 Å². The number of hydrogen-bond donors (Lipinski definition) is 3. The molecule has 0 aliphatic carbocycles. The van der Waals surface area contributed by atoms with Gasteiger partial charge in [-0.3, -0.25) is 9.20 Å². The minimum Gasteiger partial charge on any atom is -0.371 e. The van der Waals surface area contributed by atoms with E-state index in [0.717, 1.165) is 0 Å². The lowest BCUT2D eigenvalue weighted by molar-refractivity contribution is -0.120. The maximum absolute atomic E-state index is 12.4. The number of anilines is 1. The van der Waals surface area contributed by atoms with Crippen LogP contribution < -0.4 is 15.4 Å². The first-order valence-corrected chi connectivity index (χ1v) is 7.83. The van der Waals surface area contributed by atoms with Crippen molar-refractivity contribution in [2.45, 2.75) is 11.4 Å². The van der Waals surface area contributed by atoms with E-state index in [2.05, 4.69) is 20.3 Å². The Bertz CT molecular complexity index is 753. The van der Waals surface area contributed by atoms with Crippen molar-refractivity contribution >= 4 is 27.4 Å². The van der Waals surface area contributed by atoms with E-state index in [-0.39, 0.29) is 29.7 Å². The van der Waals surface area contributed by atoms with Crippen molar-refractivity contribution in [3.05, 3.63) is 24.4 Å². The van der Waals surface area contributed by atoms with Gasteiger partial charge >= 0.3 is 0 Å². The number of carbonyl (C=O) groups excluding carboxylic acids is 1. The Hall–Kier alpha value is -2.13. The number of aromatic nitrogens is 2. The zero-order valence-electron chi connectivity index (χ0n) is 11.8. The molecule has 0 unspecified atom stereocenters. The molecule has 9 heteroatoms. The van der Waals surface area contributed by atoms with Crippen LogP contribution in [0.3, 0.4) is 0 Å². The van der Waals surface area contributed by atoms with Gasteiger partial charge in [0.15, 0.2) is 10.8 Å². The topological polar surface area (TPSA) is 105 Å². The summed E-state index contributed by atoms with van der Waals surface area (Å²) >= 11 is 0. The monoisotopic (exact) mass is 311 g/mol. The number of amides is 1. The van der Waals surface area contributed by atoms with Gasteiger partial charge in [-0.1, -0.05) is 6.07 Å². The Morgan fingerprint density at radius 1 is 1.33 bits per heavy atom. The summed E-state index contributed by atoms with van der Waals surface area (Å²) in [5.74, 6) is 0.0262. The summed E-state index contributed by atoms with van der Waals surface area (Å²) in [7, 11) is -0.679. The highest BCUT2D eigenvalue weighted by Gasteiger charge is 2.24. The van der Waals surface area contributed by atoms with Crippen LogP contribution in [0.1, 0.15) is 6.42 Å². The van der Waals surface area contributed by atoms with Crippen LogP contribution in [-0.2, 0) is 14.8 Å².